The maximum absolute atomic E-state index is 14.2. The lowest BCUT2D eigenvalue weighted by molar-refractivity contribution is -0.384. The van der Waals surface area contributed by atoms with Crippen LogP contribution in [0.15, 0.2) is 42.5 Å². The van der Waals surface area contributed by atoms with Gasteiger partial charge in [-0.15, -0.1) is 0 Å². The summed E-state index contributed by atoms with van der Waals surface area (Å²) in [6, 6.07) is 9.32. The van der Waals surface area contributed by atoms with E-state index in [1.165, 1.54) is 12.1 Å². The molecule has 2 aromatic rings. The number of carbonyl (C=O) groups excluding carboxylic acids is 3. The minimum Gasteiger partial charge on any atom is -0.494 e. The Balaban J connectivity index is 1.65. The molecule has 0 bridgehead atoms. The van der Waals surface area contributed by atoms with Crippen LogP contribution in [0.25, 0.3) is 0 Å². The van der Waals surface area contributed by atoms with E-state index in [1.54, 1.807) is 37.3 Å². The molecule has 4 atom stereocenters. The number of non-ortho nitro benzene ring substituents is 1. The Labute approximate surface area is 207 Å². The molecule has 11 nitrogen and oxygen atoms in total. The summed E-state index contributed by atoms with van der Waals surface area (Å²) in [6.07, 6.45) is -0.860. The Hall–Kier alpha value is -3.99. The average Bonchev–Trinajstić information content (AvgIpc) is 2.83. The monoisotopic (exact) mass is 494 g/mol. The number of benzene rings is 2. The molecular weight excluding hydrogens is 468 g/mol. The summed E-state index contributed by atoms with van der Waals surface area (Å²) in [5, 5.41) is 13.9. The Morgan fingerprint density at radius 1 is 1.17 bits per heavy atom. The maximum Gasteiger partial charge on any atom is 0.335 e. The number of fused-ring (bicyclic) bond motifs is 4. The van der Waals surface area contributed by atoms with Gasteiger partial charge in [-0.05, 0) is 56.7 Å². The van der Waals surface area contributed by atoms with Gasteiger partial charge in [0.15, 0.2) is 5.41 Å². The number of ether oxygens (including phenoxy) is 2. The van der Waals surface area contributed by atoms with Crippen LogP contribution in [0.2, 0.25) is 0 Å². The van der Waals surface area contributed by atoms with Gasteiger partial charge in [0.1, 0.15) is 5.75 Å². The Kier molecular flexibility index (Phi) is 5.67. The van der Waals surface area contributed by atoms with Crippen molar-refractivity contribution < 1.29 is 28.8 Å². The van der Waals surface area contributed by atoms with Crippen LogP contribution in [0.5, 0.6) is 5.75 Å². The Morgan fingerprint density at radius 3 is 2.56 bits per heavy atom. The Bertz CT molecular complexity index is 1260. The summed E-state index contributed by atoms with van der Waals surface area (Å²) in [5.74, 6) is -0.861. The topological polar surface area (TPSA) is 131 Å². The first-order valence-electron chi connectivity index (χ1n) is 11.8. The third-order valence-electron chi connectivity index (χ3n) is 7.06. The number of hydrogen-bond acceptors (Lipinski definition) is 8. The van der Waals surface area contributed by atoms with Gasteiger partial charge in [-0.25, -0.2) is 9.69 Å². The molecule has 11 heteroatoms. The van der Waals surface area contributed by atoms with E-state index in [9.17, 15) is 24.5 Å². The van der Waals surface area contributed by atoms with Crippen LogP contribution >= 0.6 is 0 Å². The highest BCUT2D eigenvalue weighted by molar-refractivity contribution is 6.30. The molecule has 3 aliphatic heterocycles. The fraction of sp³-hybridized carbons (Fsp3) is 0.400. The van der Waals surface area contributed by atoms with E-state index in [0.29, 0.717) is 30.2 Å². The average molecular weight is 495 g/mol. The minimum absolute atomic E-state index is 0.112. The third-order valence-corrected chi connectivity index (χ3v) is 7.06. The zero-order chi connectivity index (χ0) is 25.8. The molecule has 0 radical (unpaired) electrons. The number of barbiturate groups is 1. The summed E-state index contributed by atoms with van der Waals surface area (Å²) in [7, 11) is 0. The molecule has 1 N–H and O–H groups in total. The van der Waals surface area contributed by atoms with Gasteiger partial charge >= 0.3 is 6.03 Å². The van der Waals surface area contributed by atoms with Crippen LogP contribution in [0.4, 0.5) is 21.9 Å². The highest BCUT2D eigenvalue weighted by Gasteiger charge is 2.65. The quantitative estimate of drug-likeness (QED) is 0.390. The lowest BCUT2D eigenvalue weighted by Crippen LogP contribution is -2.76. The first-order valence-corrected chi connectivity index (χ1v) is 11.8. The maximum atomic E-state index is 14.2. The molecule has 1 spiro atoms. The van der Waals surface area contributed by atoms with Crippen LogP contribution in [0.1, 0.15) is 26.3 Å². The summed E-state index contributed by atoms with van der Waals surface area (Å²) in [4.78, 5) is 54.6. The van der Waals surface area contributed by atoms with Crippen LogP contribution in [-0.4, -0.2) is 54.2 Å². The zero-order valence-electron chi connectivity index (χ0n) is 20.1. The van der Waals surface area contributed by atoms with Gasteiger partial charge < -0.3 is 14.4 Å². The van der Waals surface area contributed by atoms with Crippen molar-refractivity contribution in [3.8, 4) is 5.75 Å². The first kappa shape index (κ1) is 23.7. The third kappa shape index (κ3) is 3.49. The number of urea groups is 1. The number of nitro groups is 1. The first-order chi connectivity index (χ1) is 17.2. The number of nitrogens with zero attached hydrogens (tertiary/aromatic N) is 3. The van der Waals surface area contributed by atoms with Crippen molar-refractivity contribution >= 4 is 34.9 Å². The number of hydrogen-bond donors (Lipinski definition) is 1. The smallest absolute Gasteiger partial charge is 0.335 e. The summed E-state index contributed by atoms with van der Waals surface area (Å²) in [6.45, 7) is 6.36. The Morgan fingerprint density at radius 2 is 1.89 bits per heavy atom. The van der Waals surface area contributed by atoms with Gasteiger partial charge in [-0.3, -0.25) is 25.0 Å². The summed E-state index contributed by atoms with van der Waals surface area (Å²) >= 11 is 0. The molecular formula is C25H26N4O7. The lowest BCUT2D eigenvalue weighted by atomic mass is 9.66. The molecule has 5 rings (SSSR count). The number of nitrogens with one attached hydrogen (secondary N) is 1. The molecule has 4 amide bonds. The number of anilines is 2. The second kappa shape index (κ2) is 8.59. The van der Waals surface area contributed by atoms with Crippen molar-refractivity contribution in [2.24, 2.45) is 5.41 Å². The molecule has 36 heavy (non-hydrogen) atoms. The second-order valence-electron chi connectivity index (χ2n) is 9.29. The number of morpholine rings is 1. The fourth-order valence-corrected chi connectivity index (χ4v) is 5.72. The van der Waals surface area contributed by atoms with Crippen LogP contribution in [-0.2, 0) is 20.7 Å². The van der Waals surface area contributed by atoms with Crippen LogP contribution in [0, 0.1) is 15.5 Å². The second-order valence-corrected chi connectivity index (χ2v) is 9.29. The minimum atomic E-state index is -1.74. The molecule has 2 aromatic carbocycles. The zero-order valence-corrected chi connectivity index (χ0v) is 20.1. The van der Waals surface area contributed by atoms with E-state index in [2.05, 4.69) is 5.32 Å². The van der Waals surface area contributed by atoms with Crippen molar-refractivity contribution in [3.63, 3.8) is 0 Å². The molecule has 2 saturated heterocycles. The molecule has 0 aromatic heterocycles. The van der Waals surface area contributed by atoms with Gasteiger partial charge in [0.05, 0.1) is 35.5 Å². The normalized spacial score (nSPS) is 27.4. The van der Waals surface area contributed by atoms with Crippen molar-refractivity contribution in [3.05, 3.63) is 58.1 Å². The van der Waals surface area contributed by atoms with Crippen molar-refractivity contribution in [1.82, 2.24) is 5.32 Å². The molecule has 0 unspecified atom stereocenters. The molecule has 3 heterocycles. The molecule has 2 fully saturated rings. The van der Waals surface area contributed by atoms with Crippen molar-refractivity contribution in [1.29, 1.82) is 0 Å². The number of amides is 4. The summed E-state index contributed by atoms with van der Waals surface area (Å²) < 4.78 is 11.5. The predicted molar refractivity (Wildman–Crippen MR) is 129 cm³/mol. The number of imide groups is 2. The van der Waals surface area contributed by atoms with Gasteiger partial charge in [0.25, 0.3) is 11.6 Å². The summed E-state index contributed by atoms with van der Waals surface area (Å²) in [5.41, 5.74) is -0.398. The van der Waals surface area contributed by atoms with E-state index < -0.39 is 40.3 Å². The predicted octanol–water partition coefficient (Wildman–Crippen LogP) is 2.80. The number of nitro benzene ring substituents is 1. The van der Waals surface area contributed by atoms with Crippen LogP contribution < -0.4 is 19.9 Å². The van der Waals surface area contributed by atoms with Gasteiger partial charge in [-0.1, -0.05) is 0 Å². The van der Waals surface area contributed by atoms with Gasteiger partial charge in [0, 0.05) is 30.8 Å². The van der Waals surface area contributed by atoms with E-state index in [1.807, 2.05) is 18.7 Å². The molecule has 0 aliphatic carbocycles. The number of rotatable bonds is 4. The number of carbonyl (C=O) groups is 3. The molecule has 3 aliphatic rings. The highest BCUT2D eigenvalue weighted by Crippen LogP contribution is 2.49. The standard InChI is InChI=1S/C25H26N4O7/c1-4-35-19-8-5-17(6-9-19)28-23(31)25(22(30)26-24(28)32)12-16-11-18(29(33)34)7-10-20(16)27-13-14(2)36-15(3)21(25)27/h5-11,14-15,21H,4,12-13H2,1-3H3,(H,26,30,32)/t14-,15+,21-,25+/m0/s1. The van der Waals surface area contributed by atoms with Crippen molar-refractivity contribution in [2.45, 2.75) is 45.4 Å². The highest BCUT2D eigenvalue weighted by atomic mass is 16.6. The van der Waals surface area contributed by atoms with Gasteiger partial charge in [0.2, 0.25) is 5.91 Å². The van der Waals surface area contributed by atoms with E-state index in [0.717, 1.165) is 4.90 Å². The van der Waals surface area contributed by atoms with E-state index in [4.69, 9.17) is 9.47 Å². The van der Waals surface area contributed by atoms with Gasteiger partial charge in [-0.2, -0.15) is 0 Å². The van der Waals surface area contributed by atoms with E-state index in [-0.39, 0.29) is 23.9 Å². The van der Waals surface area contributed by atoms with Crippen molar-refractivity contribution in [2.75, 3.05) is 23.0 Å². The van der Waals surface area contributed by atoms with E-state index >= 15 is 0 Å². The largest absolute Gasteiger partial charge is 0.494 e. The lowest BCUT2D eigenvalue weighted by Gasteiger charge is -2.56. The fourth-order valence-electron chi connectivity index (χ4n) is 5.72. The molecule has 188 valence electrons. The van der Waals surface area contributed by atoms with Crippen LogP contribution in [0.3, 0.4) is 0 Å². The SMILES string of the molecule is CCOc1ccc(N2C(=O)NC(=O)[C@]3(Cc4cc([N+](=O)[O-])ccc4N4C[C@H](C)O[C@H](C)[C@H]43)C2=O)cc1. The molecule has 0 saturated carbocycles.